The first-order chi connectivity index (χ1) is 5.86. The van der Waals surface area contributed by atoms with Crippen LogP contribution < -0.4 is 5.32 Å². The van der Waals surface area contributed by atoms with Gasteiger partial charge in [-0.2, -0.15) is 0 Å². The van der Waals surface area contributed by atoms with E-state index < -0.39 is 0 Å². The molecule has 0 bridgehead atoms. The molecule has 1 saturated heterocycles. The van der Waals surface area contributed by atoms with Gasteiger partial charge >= 0.3 is 0 Å². The van der Waals surface area contributed by atoms with E-state index in [0.717, 1.165) is 24.4 Å². The average Bonchev–Trinajstić information content (AvgIpc) is 2.26. The topological polar surface area (TPSA) is 32.3 Å². The SMILES string of the molecule is Oc1cccc2c1C1NCC1C2. The fraction of sp³-hybridized carbons (Fsp3) is 0.400. The zero-order chi connectivity index (χ0) is 8.13. The molecule has 0 radical (unpaired) electrons. The Hall–Kier alpha value is -1.02. The Morgan fingerprint density at radius 3 is 3.08 bits per heavy atom. The van der Waals surface area contributed by atoms with Crippen molar-refractivity contribution in [2.75, 3.05) is 6.54 Å². The molecule has 0 amide bonds. The van der Waals surface area contributed by atoms with Crippen LogP contribution >= 0.6 is 0 Å². The lowest BCUT2D eigenvalue weighted by molar-refractivity contribution is 0.256. The lowest BCUT2D eigenvalue weighted by Gasteiger charge is -2.32. The standard InChI is InChI=1S/C10H11NO/c12-8-3-1-2-6-4-7-5-11-10(7)9(6)8/h1-3,7,10-12H,4-5H2. The highest BCUT2D eigenvalue weighted by atomic mass is 16.3. The Labute approximate surface area is 71.2 Å². The van der Waals surface area contributed by atoms with Crippen molar-refractivity contribution in [1.29, 1.82) is 0 Å². The lowest BCUT2D eigenvalue weighted by Crippen LogP contribution is -2.43. The van der Waals surface area contributed by atoms with Gasteiger partial charge in [-0.1, -0.05) is 12.1 Å². The van der Waals surface area contributed by atoms with Crippen molar-refractivity contribution in [3.8, 4) is 5.75 Å². The first-order valence-electron chi connectivity index (χ1n) is 4.40. The molecule has 2 nitrogen and oxygen atoms in total. The van der Waals surface area contributed by atoms with Crippen LogP contribution in [0.1, 0.15) is 17.2 Å². The Kier molecular flexibility index (Phi) is 1.09. The van der Waals surface area contributed by atoms with E-state index in [-0.39, 0.29) is 0 Å². The summed E-state index contributed by atoms with van der Waals surface area (Å²) in [6.07, 6.45) is 1.14. The summed E-state index contributed by atoms with van der Waals surface area (Å²) < 4.78 is 0. The van der Waals surface area contributed by atoms with Gasteiger partial charge in [0, 0.05) is 18.2 Å². The molecule has 2 aliphatic rings. The van der Waals surface area contributed by atoms with E-state index in [2.05, 4.69) is 11.4 Å². The van der Waals surface area contributed by atoms with Crippen molar-refractivity contribution in [1.82, 2.24) is 5.32 Å². The van der Waals surface area contributed by atoms with Gasteiger partial charge < -0.3 is 10.4 Å². The average molecular weight is 161 g/mol. The molecule has 2 atom stereocenters. The Morgan fingerprint density at radius 2 is 2.33 bits per heavy atom. The third kappa shape index (κ3) is 0.636. The third-order valence-corrected chi connectivity index (χ3v) is 3.04. The van der Waals surface area contributed by atoms with Gasteiger partial charge in [0.25, 0.3) is 0 Å². The fourth-order valence-electron chi connectivity index (χ4n) is 2.35. The second-order valence-electron chi connectivity index (χ2n) is 3.70. The summed E-state index contributed by atoms with van der Waals surface area (Å²) in [4.78, 5) is 0. The zero-order valence-corrected chi connectivity index (χ0v) is 6.75. The lowest BCUT2D eigenvalue weighted by atomic mass is 9.92. The molecule has 2 unspecified atom stereocenters. The molecule has 1 heterocycles. The van der Waals surface area contributed by atoms with E-state index in [1.807, 2.05) is 6.07 Å². The quantitative estimate of drug-likeness (QED) is 0.599. The maximum atomic E-state index is 9.61. The minimum atomic E-state index is 0.446. The summed E-state index contributed by atoms with van der Waals surface area (Å²) in [5.41, 5.74) is 2.48. The number of fused-ring (bicyclic) bond motifs is 3. The zero-order valence-electron chi connectivity index (χ0n) is 6.75. The fourth-order valence-corrected chi connectivity index (χ4v) is 2.35. The van der Waals surface area contributed by atoms with Gasteiger partial charge in [-0.15, -0.1) is 0 Å². The van der Waals surface area contributed by atoms with E-state index in [4.69, 9.17) is 0 Å². The van der Waals surface area contributed by atoms with Gasteiger partial charge in [0.1, 0.15) is 5.75 Å². The van der Waals surface area contributed by atoms with E-state index in [0.29, 0.717) is 11.8 Å². The first kappa shape index (κ1) is 6.49. The highest BCUT2D eigenvalue weighted by Crippen LogP contribution is 2.44. The Balaban J connectivity index is 2.18. The van der Waals surface area contributed by atoms with Crippen LogP contribution in [0.15, 0.2) is 18.2 Å². The van der Waals surface area contributed by atoms with Gasteiger partial charge in [-0.3, -0.25) is 0 Å². The van der Waals surface area contributed by atoms with Crippen molar-refractivity contribution in [3.63, 3.8) is 0 Å². The van der Waals surface area contributed by atoms with Gasteiger partial charge in [0.15, 0.2) is 0 Å². The molecule has 1 aromatic carbocycles. The smallest absolute Gasteiger partial charge is 0.120 e. The number of hydrogen-bond acceptors (Lipinski definition) is 2. The monoisotopic (exact) mass is 161 g/mol. The first-order valence-corrected chi connectivity index (χ1v) is 4.40. The van der Waals surface area contributed by atoms with Gasteiger partial charge in [-0.05, 0) is 24.0 Å². The highest BCUT2D eigenvalue weighted by molar-refractivity contribution is 5.47. The molecule has 1 aliphatic carbocycles. The normalized spacial score (nSPS) is 30.7. The number of rotatable bonds is 0. The molecule has 1 fully saturated rings. The molecule has 1 aliphatic heterocycles. The van der Waals surface area contributed by atoms with E-state index in [1.54, 1.807) is 6.07 Å². The van der Waals surface area contributed by atoms with Crippen LogP contribution in [0.3, 0.4) is 0 Å². The van der Waals surface area contributed by atoms with Crippen LogP contribution in [0, 0.1) is 5.92 Å². The van der Waals surface area contributed by atoms with Crippen molar-refractivity contribution in [2.45, 2.75) is 12.5 Å². The summed E-state index contributed by atoms with van der Waals surface area (Å²) in [5.74, 6) is 1.21. The Bertz CT molecular complexity index is 335. The van der Waals surface area contributed by atoms with Gasteiger partial charge in [-0.25, -0.2) is 0 Å². The van der Waals surface area contributed by atoms with Crippen molar-refractivity contribution < 1.29 is 5.11 Å². The number of phenolic OH excluding ortho intramolecular Hbond substituents is 1. The predicted molar refractivity (Wildman–Crippen MR) is 46.0 cm³/mol. The Morgan fingerprint density at radius 1 is 1.42 bits per heavy atom. The number of phenols is 1. The molecule has 0 aromatic heterocycles. The molecule has 62 valence electrons. The van der Waals surface area contributed by atoms with Crippen molar-refractivity contribution in [3.05, 3.63) is 29.3 Å². The van der Waals surface area contributed by atoms with Crippen LogP contribution in [-0.2, 0) is 6.42 Å². The van der Waals surface area contributed by atoms with Crippen LogP contribution in [-0.4, -0.2) is 11.7 Å². The van der Waals surface area contributed by atoms with Crippen LogP contribution in [0.5, 0.6) is 5.75 Å². The summed E-state index contributed by atoms with van der Waals surface area (Å²) in [5, 5.41) is 13.0. The number of hydrogen-bond donors (Lipinski definition) is 2. The summed E-state index contributed by atoms with van der Waals surface area (Å²) >= 11 is 0. The maximum Gasteiger partial charge on any atom is 0.120 e. The van der Waals surface area contributed by atoms with Crippen molar-refractivity contribution in [2.24, 2.45) is 5.92 Å². The van der Waals surface area contributed by atoms with Gasteiger partial charge in [0.2, 0.25) is 0 Å². The molecule has 12 heavy (non-hydrogen) atoms. The molecule has 2 heteroatoms. The number of nitrogens with one attached hydrogen (secondary N) is 1. The molecular weight excluding hydrogens is 150 g/mol. The summed E-state index contributed by atoms with van der Waals surface area (Å²) in [7, 11) is 0. The second kappa shape index (κ2) is 2.02. The molecule has 2 N–H and O–H groups in total. The predicted octanol–water partition coefficient (Wildman–Crippen LogP) is 1.21. The molecule has 3 rings (SSSR count). The largest absolute Gasteiger partial charge is 0.508 e. The van der Waals surface area contributed by atoms with E-state index >= 15 is 0 Å². The van der Waals surface area contributed by atoms with Crippen LogP contribution in [0.25, 0.3) is 0 Å². The number of aromatic hydroxyl groups is 1. The molecule has 0 spiro atoms. The van der Waals surface area contributed by atoms with Crippen molar-refractivity contribution >= 4 is 0 Å². The molecule has 0 saturated carbocycles. The maximum absolute atomic E-state index is 9.61. The molecular formula is C10H11NO. The van der Waals surface area contributed by atoms with Gasteiger partial charge in [0.05, 0.1) is 0 Å². The summed E-state index contributed by atoms with van der Waals surface area (Å²) in [6, 6.07) is 6.27. The third-order valence-electron chi connectivity index (χ3n) is 3.04. The molecule has 1 aromatic rings. The highest BCUT2D eigenvalue weighted by Gasteiger charge is 2.40. The number of benzene rings is 1. The van der Waals surface area contributed by atoms with Crippen LogP contribution in [0.4, 0.5) is 0 Å². The summed E-state index contributed by atoms with van der Waals surface area (Å²) in [6.45, 7) is 1.11. The minimum absolute atomic E-state index is 0.446. The van der Waals surface area contributed by atoms with Crippen LogP contribution in [0.2, 0.25) is 0 Å². The van der Waals surface area contributed by atoms with E-state index in [9.17, 15) is 5.11 Å². The second-order valence-corrected chi connectivity index (χ2v) is 3.70. The minimum Gasteiger partial charge on any atom is -0.508 e. The van der Waals surface area contributed by atoms with E-state index in [1.165, 1.54) is 5.56 Å².